The Balaban J connectivity index is 0.000000248. The Morgan fingerprint density at radius 1 is 0.933 bits per heavy atom. The van der Waals surface area contributed by atoms with Crippen LogP contribution >= 0.6 is 0 Å². The highest BCUT2D eigenvalue weighted by Gasteiger charge is 2.11. The van der Waals surface area contributed by atoms with Gasteiger partial charge >= 0.3 is 0 Å². The van der Waals surface area contributed by atoms with E-state index in [0.717, 1.165) is 16.8 Å². The first-order chi connectivity index (χ1) is 14.3. The lowest BCUT2D eigenvalue weighted by molar-refractivity contribution is 0.279. The van der Waals surface area contributed by atoms with Gasteiger partial charge in [0, 0.05) is 29.1 Å². The molecule has 0 spiro atoms. The first-order valence-corrected chi connectivity index (χ1v) is 9.31. The van der Waals surface area contributed by atoms with Crippen LogP contribution in [0.3, 0.4) is 0 Å². The molecule has 0 amide bonds. The van der Waals surface area contributed by atoms with Crippen molar-refractivity contribution < 1.29 is 20.1 Å². The number of aryl methyl sites for hydroxylation is 2. The molecular formula is C23H25N3O4. The van der Waals surface area contributed by atoms with Gasteiger partial charge in [-0.25, -0.2) is 0 Å². The summed E-state index contributed by atoms with van der Waals surface area (Å²) >= 11 is 0. The van der Waals surface area contributed by atoms with E-state index in [1.54, 1.807) is 50.5 Å². The number of aliphatic hydroxyl groups is 2. The summed E-state index contributed by atoms with van der Waals surface area (Å²) < 4.78 is 5.80. The molecule has 30 heavy (non-hydrogen) atoms. The van der Waals surface area contributed by atoms with Crippen molar-refractivity contribution in [1.82, 2.24) is 9.97 Å². The molecule has 0 aliphatic rings. The van der Waals surface area contributed by atoms with Gasteiger partial charge in [-0.2, -0.15) is 5.26 Å². The molecule has 0 fully saturated rings. The zero-order valence-electron chi connectivity index (χ0n) is 17.5. The minimum absolute atomic E-state index is 0.0757. The molecule has 3 rings (SSSR count). The van der Waals surface area contributed by atoms with Crippen molar-refractivity contribution in [2.75, 3.05) is 0 Å². The van der Waals surface area contributed by atoms with E-state index in [0.29, 0.717) is 33.9 Å². The predicted octanol–water partition coefficient (Wildman–Crippen LogP) is 3.75. The van der Waals surface area contributed by atoms with Crippen molar-refractivity contribution in [3.63, 3.8) is 0 Å². The van der Waals surface area contributed by atoms with Gasteiger partial charge in [0.25, 0.3) is 0 Å². The molecular weight excluding hydrogens is 382 g/mol. The van der Waals surface area contributed by atoms with Crippen LogP contribution in [-0.4, -0.2) is 25.3 Å². The van der Waals surface area contributed by atoms with Crippen LogP contribution in [0.5, 0.6) is 17.2 Å². The first-order valence-electron chi connectivity index (χ1n) is 9.31. The second-order valence-electron chi connectivity index (χ2n) is 6.72. The quantitative estimate of drug-likeness (QED) is 0.602. The van der Waals surface area contributed by atoms with Crippen LogP contribution in [0.2, 0.25) is 0 Å². The van der Waals surface area contributed by atoms with Gasteiger partial charge < -0.3 is 20.1 Å². The van der Waals surface area contributed by atoms with Crippen LogP contribution in [0.1, 0.15) is 39.2 Å². The summed E-state index contributed by atoms with van der Waals surface area (Å²) in [5.41, 5.74) is 4.86. The summed E-state index contributed by atoms with van der Waals surface area (Å²) in [7, 11) is 0. The van der Waals surface area contributed by atoms with Crippen LogP contribution in [-0.2, 0) is 13.2 Å². The van der Waals surface area contributed by atoms with Gasteiger partial charge in [-0.1, -0.05) is 6.07 Å². The van der Waals surface area contributed by atoms with E-state index < -0.39 is 0 Å². The summed E-state index contributed by atoms with van der Waals surface area (Å²) in [6, 6.07) is 9.01. The number of aliphatic hydroxyl groups excluding tert-OH is 2. The van der Waals surface area contributed by atoms with Gasteiger partial charge in [-0.05, 0) is 51.5 Å². The predicted molar refractivity (Wildman–Crippen MR) is 112 cm³/mol. The number of aromatic nitrogens is 2. The molecule has 2 heterocycles. The lowest BCUT2D eigenvalue weighted by Crippen LogP contribution is -1.99. The van der Waals surface area contributed by atoms with E-state index in [9.17, 15) is 10.2 Å². The second kappa shape index (κ2) is 10.3. The molecule has 7 nitrogen and oxygen atoms in total. The number of pyridine rings is 2. The molecule has 0 bridgehead atoms. The van der Waals surface area contributed by atoms with Crippen LogP contribution < -0.4 is 4.74 Å². The minimum atomic E-state index is -0.0767. The molecule has 0 aliphatic heterocycles. The van der Waals surface area contributed by atoms with E-state index in [1.807, 2.05) is 13.8 Å². The first kappa shape index (κ1) is 22.8. The Morgan fingerprint density at radius 3 is 2.13 bits per heavy atom. The van der Waals surface area contributed by atoms with Crippen molar-refractivity contribution in [1.29, 1.82) is 5.26 Å². The van der Waals surface area contributed by atoms with Crippen LogP contribution in [0.4, 0.5) is 0 Å². The van der Waals surface area contributed by atoms with Gasteiger partial charge in [0.15, 0.2) is 5.75 Å². The molecule has 0 saturated heterocycles. The van der Waals surface area contributed by atoms with E-state index in [4.69, 9.17) is 15.1 Å². The number of nitriles is 1. The van der Waals surface area contributed by atoms with E-state index >= 15 is 0 Å². The lowest BCUT2D eigenvalue weighted by atomic mass is 10.1. The van der Waals surface area contributed by atoms with Gasteiger partial charge in [0.05, 0.1) is 36.2 Å². The molecule has 0 unspecified atom stereocenters. The summed E-state index contributed by atoms with van der Waals surface area (Å²) in [5, 5.41) is 36.2. The molecule has 0 saturated carbocycles. The highest BCUT2D eigenvalue weighted by molar-refractivity contribution is 5.45. The van der Waals surface area contributed by atoms with E-state index in [1.165, 1.54) is 0 Å². The Labute approximate surface area is 175 Å². The third kappa shape index (κ3) is 5.32. The maximum absolute atomic E-state index is 9.34. The van der Waals surface area contributed by atoms with Crippen molar-refractivity contribution in [3.8, 4) is 23.3 Å². The highest BCUT2D eigenvalue weighted by Crippen LogP contribution is 2.29. The number of nitrogens with zero attached hydrogens (tertiary/aromatic N) is 3. The fourth-order valence-corrected chi connectivity index (χ4v) is 2.72. The zero-order valence-corrected chi connectivity index (χ0v) is 17.5. The minimum Gasteiger partial charge on any atom is -0.506 e. The standard InChI is InChI=1S/C15H14N2O2.C8H11NO2/c1-10-13(9-18)8-17-11(2)15(10)19-14-5-3-4-12(6-14)7-16;1-5-7(4-10)3-9-6(2)8(5)11/h3-6,8,18H,9H2,1-2H3;3,10-11H,4H2,1-2H3. The Hall–Kier alpha value is -3.47. The van der Waals surface area contributed by atoms with Crippen molar-refractivity contribution in [2.45, 2.75) is 40.9 Å². The highest BCUT2D eigenvalue weighted by atomic mass is 16.5. The molecule has 3 N–H and O–H groups in total. The number of aromatic hydroxyl groups is 1. The Morgan fingerprint density at radius 2 is 1.53 bits per heavy atom. The van der Waals surface area contributed by atoms with Crippen molar-refractivity contribution >= 4 is 0 Å². The maximum Gasteiger partial charge on any atom is 0.151 e. The normalized spacial score (nSPS) is 10.0. The molecule has 1 aromatic carbocycles. The average molecular weight is 407 g/mol. The summed E-state index contributed by atoms with van der Waals surface area (Å²) in [4.78, 5) is 8.10. The number of benzene rings is 1. The third-order valence-corrected chi connectivity index (χ3v) is 4.68. The van der Waals surface area contributed by atoms with Crippen molar-refractivity contribution in [2.24, 2.45) is 0 Å². The molecule has 0 radical (unpaired) electrons. The Bertz CT molecular complexity index is 1070. The number of ether oxygens (including phenoxy) is 1. The summed E-state index contributed by atoms with van der Waals surface area (Å²) in [6.07, 6.45) is 3.22. The van der Waals surface area contributed by atoms with Gasteiger partial charge in [-0.3, -0.25) is 9.97 Å². The topological polar surface area (TPSA) is 119 Å². The molecule has 156 valence electrons. The van der Waals surface area contributed by atoms with Crippen LogP contribution in [0.25, 0.3) is 0 Å². The lowest BCUT2D eigenvalue weighted by Gasteiger charge is -2.13. The number of hydrogen-bond acceptors (Lipinski definition) is 7. The molecule has 0 atom stereocenters. The SMILES string of the molecule is Cc1ncc(CO)c(C)c1O.Cc1ncc(CO)c(C)c1Oc1cccc(C#N)c1. The number of rotatable bonds is 4. The maximum atomic E-state index is 9.34. The van der Waals surface area contributed by atoms with Gasteiger partial charge in [-0.15, -0.1) is 0 Å². The van der Waals surface area contributed by atoms with Gasteiger partial charge in [0.1, 0.15) is 11.5 Å². The fraction of sp³-hybridized carbons (Fsp3) is 0.261. The third-order valence-electron chi connectivity index (χ3n) is 4.68. The second-order valence-corrected chi connectivity index (χ2v) is 6.72. The largest absolute Gasteiger partial charge is 0.506 e. The van der Waals surface area contributed by atoms with Gasteiger partial charge in [0.2, 0.25) is 0 Å². The molecule has 2 aromatic heterocycles. The van der Waals surface area contributed by atoms with Crippen molar-refractivity contribution in [3.05, 3.63) is 75.9 Å². The zero-order chi connectivity index (χ0) is 22.3. The number of hydrogen-bond donors (Lipinski definition) is 3. The van der Waals surface area contributed by atoms with E-state index in [2.05, 4.69) is 16.0 Å². The monoisotopic (exact) mass is 407 g/mol. The summed E-state index contributed by atoms with van der Waals surface area (Å²) in [6.45, 7) is 7.06. The molecule has 3 aromatic rings. The summed E-state index contributed by atoms with van der Waals surface area (Å²) in [5.74, 6) is 1.39. The Kier molecular flexibility index (Phi) is 7.87. The smallest absolute Gasteiger partial charge is 0.151 e. The molecule has 7 heteroatoms. The molecule has 0 aliphatic carbocycles. The average Bonchev–Trinajstić information content (AvgIpc) is 2.76. The van der Waals surface area contributed by atoms with Crippen LogP contribution in [0.15, 0.2) is 36.7 Å². The van der Waals surface area contributed by atoms with Crippen LogP contribution in [0, 0.1) is 39.0 Å². The fourth-order valence-electron chi connectivity index (χ4n) is 2.72. The van der Waals surface area contributed by atoms with E-state index in [-0.39, 0.29) is 19.0 Å².